The highest BCUT2D eigenvalue weighted by molar-refractivity contribution is 5.79. The van der Waals surface area contributed by atoms with Crippen LogP contribution in [0.4, 0.5) is 4.79 Å². The summed E-state index contributed by atoms with van der Waals surface area (Å²) in [6.07, 6.45) is 0.830. The third-order valence-corrected chi connectivity index (χ3v) is 2.21. The molecule has 1 unspecified atom stereocenters. The van der Waals surface area contributed by atoms with E-state index < -0.39 is 11.6 Å². The van der Waals surface area contributed by atoms with Crippen molar-refractivity contribution in [3.8, 4) is 0 Å². The number of amides is 2. The van der Waals surface area contributed by atoms with Crippen molar-refractivity contribution in [1.82, 2.24) is 10.2 Å². The maximum absolute atomic E-state index is 11.5. The highest BCUT2D eigenvalue weighted by Crippen LogP contribution is 2.01. The molecule has 16 heavy (non-hydrogen) atoms. The first-order valence-corrected chi connectivity index (χ1v) is 5.33. The lowest BCUT2D eigenvalue weighted by Crippen LogP contribution is -2.50. The fraction of sp³-hybridized carbons (Fsp3) is 0.800. The summed E-state index contributed by atoms with van der Waals surface area (Å²) in [5.74, 6) is -1.36. The Morgan fingerprint density at radius 1 is 1.38 bits per heavy atom. The highest BCUT2D eigenvalue weighted by Gasteiger charge is 2.30. The molecule has 94 valence electrons. The molecule has 0 bridgehead atoms. The molecular formula is C10H20N2O4. The monoisotopic (exact) mass is 232 g/mol. The summed E-state index contributed by atoms with van der Waals surface area (Å²) < 4.78 is 0. The SMILES string of the molecule is CCCN(CC)C(=O)NCC(C)(O)C(=O)O. The molecule has 0 spiro atoms. The van der Waals surface area contributed by atoms with Gasteiger partial charge in [-0.25, -0.2) is 9.59 Å². The summed E-state index contributed by atoms with van der Waals surface area (Å²) in [6, 6.07) is -0.356. The first-order chi connectivity index (χ1) is 7.35. The van der Waals surface area contributed by atoms with Crippen molar-refractivity contribution in [3.05, 3.63) is 0 Å². The summed E-state index contributed by atoms with van der Waals surface area (Å²) in [5.41, 5.74) is -1.93. The molecule has 0 radical (unpaired) electrons. The first-order valence-electron chi connectivity index (χ1n) is 5.33. The average molecular weight is 232 g/mol. The van der Waals surface area contributed by atoms with Crippen LogP contribution in [-0.2, 0) is 4.79 Å². The number of hydrogen-bond acceptors (Lipinski definition) is 3. The predicted octanol–water partition coefficient (Wildman–Crippen LogP) is 0.263. The van der Waals surface area contributed by atoms with Gasteiger partial charge in [0.05, 0.1) is 6.54 Å². The summed E-state index contributed by atoms with van der Waals surface area (Å²) >= 11 is 0. The molecule has 0 rings (SSSR count). The maximum atomic E-state index is 11.5. The largest absolute Gasteiger partial charge is 0.479 e. The fourth-order valence-corrected chi connectivity index (χ4v) is 1.11. The molecule has 0 saturated heterocycles. The van der Waals surface area contributed by atoms with E-state index in [1.807, 2.05) is 13.8 Å². The van der Waals surface area contributed by atoms with E-state index in [-0.39, 0.29) is 12.6 Å². The van der Waals surface area contributed by atoms with E-state index in [9.17, 15) is 14.7 Å². The van der Waals surface area contributed by atoms with Gasteiger partial charge in [0.15, 0.2) is 5.60 Å². The van der Waals surface area contributed by atoms with Gasteiger partial charge in [-0.15, -0.1) is 0 Å². The molecule has 1 atom stereocenters. The van der Waals surface area contributed by atoms with Crippen LogP contribution in [0.25, 0.3) is 0 Å². The number of rotatable bonds is 6. The van der Waals surface area contributed by atoms with E-state index in [4.69, 9.17) is 5.11 Å². The lowest BCUT2D eigenvalue weighted by molar-refractivity contribution is -0.155. The second kappa shape index (κ2) is 6.32. The Labute approximate surface area is 95.2 Å². The summed E-state index contributed by atoms with van der Waals surface area (Å²) in [4.78, 5) is 23.7. The fourth-order valence-electron chi connectivity index (χ4n) is 1.11. The number of carbonyl (C=O) groups excluding carboxylic acids is 1. The molecule has 0 aromatic rings. The van der Waals surface area contributed by atoms with E-state index >= 15 is 0 Å². The number of urea groups is 1. The standard InChI is InChI=1S/C10H20N2O4/c1-4-6-12(5-2)9(15)11-7-10(3,16)8(13)14/h16H,4-7H2,1-3H3,(H,11,15)(H,13,14). The smallest absolute Gasteiger partial charge is 0.337 e. The molecule has 6 heteroatoms. The number of aliphatic carboxylic acids is 1. The minimum Gasteiger partial charge on any atom is -0.479 e. The normalized spacial score (nSPS) is 14.0. The molecule has 6 nitrogen and oxygen atoms in total. The predicted molar refractivity (Wildman–Crippen MR) is 59.2 cm³/mol. The van der Waals surface area contributed by atoms with Crippen molar-refractivity contribution in [3.63, 3.8) is 0 Å². The Hall–Kier alpha value is -1.30. The Balaban J connectivity index is 4.19. The zero-order valence-corrected chi connectivity index (χ0v) is 9.99. The summed E-state index contributed by atoms with van der Waals surface area (Å²) in [6.45, 7) is 5.79. The molecule has 2 amide bonds. The number of carboxylic acid groups (broad SMARTS) is 1. The molecule has 3 N–H and O–H groups in total. The van der Waals surface area contributed by atoms with Gasteiger partial charge in [0, 0.05) is 13.1 Å². The number of carboxylic acids is 1. The number of aliphatic hydroxyl groups is 1. The van der Waals surface area contributed by atoms with Crippen LogP contribution >= 0.6 is 0 Å². The van der Waals surface area contributed by atoms with Crippen molar-refractivity contribution in [2.24, 2.45) is 0 Å². The van der Waals surface area contributed by atoms with Crippen LogP contribution in [0.1, 0.15) is 27.2 Å². The van der Waals surface area contributed by atoms with Gasteiger partial charge >= 0.3 is 12.0 Å². The second-order valence-electron chi connectivity index (χ2n) is 3.82. The average Bonchev–Trinajstić information content (AvgIpc) is 2.22. The first kappa shape index (κ1) is 14.7. The van der Waals surface area contributed by atoms with Gasteiger partial charge in [-0.1, -0.05) is 6.92 Å². The van der Waals surface area contributed by atoms with Crippen molar-refractivity contribution in [1.29, 1.82) is 0 Å². The Kier molecular flexibility index (Phi) is 5.81. The van der Waals surface area contributed by atoms with Gasteiger partial charge in [0.25, 0.3) is 0 Å². The molecule has 0 aromatic carbocycles. The van der Waals surface area contributed by atoms with Crippen LogP contribution in [0, 0.1) is 0 Å². The molecule has 0 aromatic heterocycles. The molecule has 0 fully saturated rings. The van der Waals surface area contributed by atoms with Crippen LogP contribution < -0.4 is 5.32 Å². The van der Waals surface area contributed by atoms with Gasteiger partial charge in [-0.05, 0) is 20.3 Å². The lowest BCUT2D eigenvalue weighted by atomic mass is 10.1. The lowest BCUT2D eigenvalue weighted by Gasteiger charge is -2.24. The zero-order valence-electron chi connectivity index (χ0n) is 9.99. The number of carbonyl (C=O) groups is 2. The molecule has 0 aliphatic carbocycles. The van der Waals surface area contributed by atoms with Crippen LogP contribution in [0.5, 0.6) is 0 Å². The zero-order chi connectivity index (χ0) is 12.8. The van der Waals surface area contributed by atoms with Crippen LogP contribution in [-0.4, -0.2) is 52.3 Å². The van der Waals surface area contributed by atoms with Crippen LogP contribution in [0.3, 0.4) is 0 Å². The van der Waals surface area contributed by atoms with Crippen LogP contribution in [0.2, 0.25) is 0 Å². The van der Waals surface area contributed by atoms with E-state index in [2.05, 4.69) is 5.32 Å². The third-order valence-electron chi connectivity index (χ3n) is 2.21. The topological polar surface area (TPSA) is 89.9 Å². The van der Waals surface area contributed by atoms with Crippen molar-refractivity contribution in [2.75, 3.05) is 19.6 Å². The summed E-state index contributed by atoms with van der Waals surface area (Å²) in [7, 11) is 0. The number of nitrogens with zero attached hydrogens (tertiary/aromatic N) is 1. The van der Waals surface area contributed by atoms with Gasteiger partial charge in [0.1, 0.15) is 0 Å². The third kappa shape index (κ3) is 4.48. The minimum atomic E-state index is -1.93. The van der Waals surface area contributed by atoms with Crippen molar-refractivity contribution >= 4 is 12.0 Å². The quantitative estimate of drug-likeness (QED) is 0.613. The van der Waals surface area contributed by atoms with E-state index in [0.29, 0.717) is 13.1 Å². The van der Waals surface area contributed by atoms with Crippen LogP contribution in [0.15, 0.2) is 0 Å². The highest BCUT2D eigenvalue weighted by atomic mass is 16.4. The summed E-state index contributed by atoms with van der Waals surface area (Å²) in [5, 5.41) is 20.4. The van der Waals surface area contributed by atoms with E-state index in [0.717, 1.165) is 13.3 Å². The van der Waals surface area contributed by atoms with E-state index in [1.54, 1.807) is 4.90 Å². The van der Waals surface area contributed by atoms with E-state index in [1.165, 1.54) is 0 Å². The maximum Gasteiger partial charge on any atom is 0.337 e. The molecule has 0 saturated carbocycles. The van der Waals surface area contributed by atoms with Gasteiger partial charge in [-0.2, -0.15) is 0 Å². The van der Waals surface area contributed by atoms with Gasteiger partial charge < -0.3 is 20.4 Å². The molecule has 0 heterocycles. The molecule has 0 aliphatic heterocycles. The Bertz CT molecular complexity index is 253. The minimum absolute atomic E-state index is 0.304. The number of hydrogen-bond donors (Lipinski definition) is 3. The van der Waals surface area contributed by atoms with Crippen molar-refractivity contribution in [2.45, 2.75) is 32.8 Å². The van der Waals surface area contributed by atoms with Crippen molar-refractivity contribution < 1.29 is 19.8 Å². The molecular weight excluding hydrogens is 212 g/mol. The van der Waals surface area contributed by atoms with Gasteiger partial charge in [0.2, 0.25) is 0 Å². The van der Waals surface area contributed by atoms with Gasteiger partial charge in [-0.3, -0.25) is 0 Å². The number of nitrogens with one attached hydrogen (secondary N) is 1. The second-order valence-corrected chi connectivity index (χ2v) is 3.82. The Morgan fingerprint density at radius 2 is 1.94 bits per heavy atom. The Morgan fingerprint density at radius 3 is 2.31 bits per heavy atom. The molecule has 0 aliphatic rings.